The van der Waals surface area contributed by atoms with Gasteiger partial charge in [-0.25, -0.2) is 0 Å². The lowest BCUT2D eigenvalue weighted by Gasteiger charge is -2.22. The first-order valence-corrected chi connectivity index (χ1v) is 7.39. The predicted molar refractivity (Wildman–Crippen MR) is 81.1 cm³/mol. The number of nitrogens with one attached hydrogen (secondary N) is 2. The van der Waals surface area contributed by atoms with E-state index in [4.69, 9.17) is 0 Å². The van der Waals surface area contributed by atoms with Crippen LogP contribution < -0.4 is 10.6 Å². The van der Waals surface area contributed by atoms with E-state index in [1.807, 2.05) is 24.3 Å². The number of hydrogen-bond acceptors (Lipinski definition) is 4. The second kappa shape index (κ2) is 7.78. The molecule has 1 amide bonds. The molecule has 114 valence electrons. The summed E-state index contributed by atoms with van der Waals surface area (Å²) in [6, 6.07) is 7.50. The Balaban J connectivity index is 1.84. The standard InChI is InChI=1S/C16H22N2O3/c1-21-15(19)10-7-12-5-8-13(9-6-12)18-16(20)14-4-2-3-11-17-14/h5-6,8-9,14,17H,2-4,7,10-11H2,1H3,(H,18,20). The smallest absolute Gasteiger partial charge is 0.305 e. The van der Waals surface area contributed by atoms with Crippen LogP contribution in [0.2, 0.25) is 0 Å². The molecule has 0 aliphatic carbocycles. The molecular formula is C16H22N2O3. The molecule has 0 saturated carbocycles. The Hall–Kier alpha value is -1.88. The van der Waals surface area contributed by atoms with E-state index in [1.54, 1.807) is 0 Å². The lowest BCUT2D eigenvalue weighted by molar-refractivity contribution is -0.140. The summed E-state index contributed by atoms with van der Waals surface area (Å²) in [6.07, 6.45) is 4.14. The van der Waals surface area contributed by atoms with Crippen molar-refractivity contribution in [3.8, 4) is 0 Å². The minimum atomic E-state index is -0.212. The monoisotopic (exact) mass is 290 g/mol. The Morgan fingerprint density at radius 3 is 2.67 bits per heavy atom. The number of ether oxygens (including phenoxy) is 1. The number of carbonyl (C=O) groups excluding carboxylic acids is 2. The van der Waals surface area contributed by atoms with Gasteiger partial charge in [0.15, 0.2) is 0 Å². The van der Waals surface area contributed by atoms with Crippen LogP contribution >= 0.6 is 0 Å². The number of rotatable bonds is 5. The lowest BCUT2D eigenvalue weighted by atomic mass is 10.0. The number of esters is 1. The molecule has 21 heavy (non-hydrogen) atoms. The number of aryl methyl sites for hydroxylation is 1. The first-order valence-electron chi connectivity index (χ1n) is 7.39. The number of anilines is 1. The summed E-state index contributed by atoms with van der Waals surface area (Å²) in [5.74, 6) is -0.187. The molecule has 5 nitrogen and oxygen atoms in total. The average Bonchev–Trinajstić information content (AvgIpc) is 2.54. The Kier molecular flexibility index (Phi) is 5.75. The molecule has 1 aromatic carbocycles. The highest BCUT2D eigenvalue weighted by Gasteiger charge is 2.20. The molecule has 5 heteroatoms. The molecule has 0 radical (unpaired) electrons. The van der Waals surface area contributed by atoms with Crippen molar-refractivity contribution < 1.29 is 14.3 Å². The molecular weight excluding hydrogens is 268 g/mol. The molecule has 2 N–H and O–H groups in total. The van der Waals surface area contributed by atoms with Gasteiger partial charge < -0.3 is 15.4 Å². The fraction of sp³-hybridized carbons (Fsp3) is 0.500. The molecule has 1 saturated heterocycles. The Bertz CT molecular complexity index is 479. The van der Waals surface area contributed by atoms with Crippen molar-refractivity contribution in [2.75, 3.05) is 19.0 Å². The molecule has 1 fully saturated rings. The van der Waals surface area contributed by atoms with Gasteiger partial charge in [0.1, 0.15) is 0 Å². The summed E-state index contributed by atoms with van der Waals surface area (Å²) in [7, 11) is 1.39. The number of hydrogen-bond donors (Lipinski definition) is 2. The summed E-state index contributed by atoms with van der Waals surface area (Å²) < 4.78 is 4.61. The average molecular weight is 290 g/mol. The predicted octanol–water partition coefficient (Wildman–Crippen LogP) is 1.87. The van der Waals surface area contributed by atoms with Crippen LogP contribution in [0.5, 0.6) is 0 Å². The Morgan fingerprint density at radius 2 is 2.05 bits per heavy atom. The van der Waals surface area contributed by atoms with Gasteiger partial charge in [-0.2, -0.15) is 0 Å². The molecule has 1 aromatic rings. The second-order valence-electron chi connectivity index (χ2n) is 5.26. The zero-order valence-electron chi connectivity index (χ0n) is 12.4. The van der Waals surface area contributed by atoms with Crippen molar-refractivity contribution in [1.29, 1.82) is 0 Å². The molecule has 1 aliphatic heterocycles. The topological polar surface area (TPSA) is 67.4 Å². The van der Waals surface area contributed by atoms with Gasteiger partial charge in [-0.1, -0.05) is 18.6 Å². The van der Waals surface area contributed by atoms with Crippen molar-refractivity contribution in [3.05, 3.63) is 29.8 Å². The number of methoxy groups -OCH3 is 1. The van der Waals surface area contributed by atoms with Crippen LogP contribution in [-0.2, 0) is 20.7 Å². The third-order valence-electron chi connectivity index (χ3n) is 3.69. The second-order valence-corrected chi connectivity index (χ2v) is 5.26. The van der Waals surface area contributed by atoms with E-state index in [-0.39, 0.29) is 17.9 Å². The van der Waals surface area contributed by atoms with Gasteiger partial charge in [0, 0.05) is 12.1 Å². The summed E-state index contributed by atoms with van der Waals surface area (Å²) in [4.78, 5) is 23.2. The highest BCUT2D eigenvalue weighted by atomic mass is 16.5. The lowest BCUT2D eigenvalue weighted by Crippen LogP contribution is -2.43. The summed E-state index contributed by atoms with van der Waals surface area (Å²) >= 11 is 0. The first kappa shape index (κ1) is 15.5. The number of benzene rings is 1. The van der Waals surface area contributed by atoms with Crippen LogP contribution in [0.4, 0.5) is 5.69 Å². The van der Waals surface area contributed by atoms with Crippen LogP contribution in [-0.4, -0.2) is 31.6 Å². The molecule has 0 spiro atoms. The molecule has 0 bridgehead atoms. The maximum absolute atomic E-state index is 12.1. The molecule has 1 aliphatic rings. The van der Waals surface area contributed by atoms with Crippen LogP contribution in [0.15, 0.2) is 24.3 Å². The maximum atomic E-state index is 12.1. The summed E-state index contributed by atoms with van der Waals surface area (Å²) in [5.41, 5.74) is 1.84. The van der Waals surface area contributed by atoms with E-state index in [0.717, 1.165) is 37.1 Å². The van der Waals surface area contributed by atoms with Crippen molar-refractivity contribution in [3.63, 3.8) is 0 Å². The van der Waals surface area contributed by atoms with Crippen molar-refractivity contribution in [2.45, 2.75) is 38.1 Å². The van der Waals surface area contributed by atoms with Gasteiger partial charge in [-0.3, -0.25) is 9.59 Å². The minimum Gasteiger partial charge on any atom is -0.469 e. The summed E-state index contributed by atoms with van der Waals surface area (Å²) in [6.45, 7) is 0.907. The van der Waals surface area contributed by atoms with E-state index >= 15 is 0 Å². The van der Waals surface area contributed by atoms with Crippen LogP contribution in [0.25, 0.3) is 0 Å². The molecule has 1 heterocycles. The number of amides is 1. The largest absolute Gasteiger partial charge is 0.469 e. The van der Waals surface area contributed by atoms with E-state index < -0.39 is 0 Å². The minimum absolute atomic E-state index is 0.0250. The van der Waals surface area contributed by atoms with E-state index in [1.165, 1.54) is 7.11 Å². The Labute approximate surface area is 125 Å². The highest BCUT2D eigenvalue weighted by Crippen LogP contribution is 2.14. The molecule has 1 unspecified atom stereocenters. The van der Waals surface area contributed by atoms with Gasteiger partial charge >= 0.3 is 5.97 Å². The van der Waals surface area contributed by atoms with E-state index in [9.17, 15) is 9.59 Å². The molecule has 0 aromatic heterocycles. The highest BCUT2D eigenvalue weighted by molar-refractivity contribution is 5.94. The van der Waals surface area contributed by atoms with Gasteiger partial charge in [-0.15, -0.1) is 0 Å². The zero-order valence-corrected chi connectivity index (χ0v) is 12.4. The normalized spacial score (nSPS) is 18.0. The van der Waals surface area contributed by atoms with Crippen molar-refractivity contribution >= 4 is 17.6 Å². The third-order valence-corrected chi connectivity index (χ3v) is 3.69. The van der Waals surface area contributed by atoms with Crippen LogP contribution in [0.3, 0.4) is 0 Å². The molecule has 1 atom stereocenters. The quantitative estimate of drug-likeness (QED) is 0.812. The van der Waals surface area contributed by atoms with Crippen LogP contribution in [0, 0.1) is 0 Å². The van der Waals surface area contributed by atoms with Gasteiger partial charge in [0.05, 0.1) is 13.2 Å². The number of piperidine rings is 1. The fourth-order valence-corrected chi connectivity index (χ4v) is 2.41. The first-order chi connectivity index (χ1) is 10.2. The van der Waals surface area contributed by atoms with Crippen molar-refractivity contribution in [2.24, 2.45) is 0 Å². The zero-order chi connectivity index (χ0) is 15.1. The van der Waals surface area contributed by atoms with Gasteiger partial charge in [-0.05, 0) is 43.5 Å². The SMILES string of the molecule is COC(=O)CCc1ccc(NC(=O)C2CCCCN2)cc1. The van der Waals surface area contributed by atoms with E-state index in [2.05, 4.69) is 15.4 Å². The Morgan fingerprint density at radius 1 is 1.29 bits per heavy atom. The molecule has 2 rings (SSSR count). The third kappa shape index (κ3) is 4.86. The van der Waals surface area contributed by atoms with Gasteiger partial charge in [0.25, 0.3) is 0 Å². The van der Waals surface area contributed by atoms with Gasteiger partial charge in [0.2, 0.25) is 5.91 Å². The van der Waals surface area contributed by atoms with E-state index in [0.29, 0.717) is 12.8 Å². The van der Waals surface area contributed by atoms with Crippen LogP contribution in [0.1, 0.15) is 31.2 Å². The summed E-state index contributed by atoms with van der Waals surface area (Å²) in [5, 5.41) is 6.15. The number of carbonyl (C=O) groups is 2. The fourth-order valence-electron chi connectivity index (χ4n) is 2.41. The van der Waals surface area contributed by atoms with Crippen molar-refractivity contribution in [1.82, 2.24) is 5.32 Å². The maximum Gasteiger partial charge on any atom is 0.305 e.